The van der Waals surface area contributed by atoms with Crippen LogP contribution in [0.4, 0.5) is 11.4 Å². The van der Waals surface area contributed by atoms with Crippen molar-refractivity contribution in [2.75, 3.05) is 0 Å². The number of rotatable bonds is 4. The molecule has 0 saturated carbocycles. The zero-order valence-electron chi connectivity index (χ0n) is 9.39. The van der Waals surface area contributed by atoms with Gasteiger partial charge in [-0.15, -0.1) is 11.6 Å². The van der Waals surface area contributed by atoms with Crippen molar-refractivity contribution in [2.24, 2.45) is 0 Å². The summed E-state index contributed by atoms with van der Waals surface area (Å²) in [4.78, 5) is 20.2. The first-order valence-electron chi connectivity index (χ1n) is 5.06. The van der Waals surface area contributed by atoms with Crippen LogP contribution >= 0.6 is 11.6 Å². The van der Waals surface area contributed by atoms with Gasteiger partial charge < -0.3 is 0 Å². The van der Waals surface area contributed by atoms with E-state index in [0.29, 0.717) is 5.69 Å². The predicted molar refractivity (Wildman–Crippen MR) is 66.4 cm³/mol. The lowest BCUT2D eigenvalue weighted by Gasteiger charge is -2.02. The van der Waals surface area contributed by atoms with Gasteiger partial charge in [-0.25, -0.2) is 4.68 Å². The molecule has 0 spiro atoms. The number of alkyl halides is 1. The van der Waals surface area contributed by atoms with Crippen LogP contribution in [-0.4, -0.2) is 19.6 Å². The summed E-state index contributed by atoms with van der Waals surface area (Å²) in [6.45, 7) is 0. The van der Waals surface area contributed by atoms with Gasteiger partial charge in [0, 0.05) is 12.3 Å². The molecule has 1 aromatic heterocycles. The minimum atomic E-state index is -0.690. The van der Waals surface area contributed by atoms with E-state index in [4.69, 9.17) is 11.6 Å². The molecular formula is C10H7ClN4O4. The summed E-state index contributed by atoms with van der Waals surface area (Å²) in [6, 6.07) is 4.97. The fourth-order valence-corrected chi connectivity index (χ4v) is 1.68. The summed E-state index contributed by atoms with van der Waals surface area (Å²) in [7, 11) is 0. The van der Waals surface area contributed by atoms with Crippen LogP contribution < -0.4 is 0 Å². The average molecular weight is 283 g/mol. The van der Waals surface area contributed by atoms with E-state index in [9.17, 15) is 20.2 Å². The molecule has 0 bridgehead atoms. The number of nitro benzene ring substituents is 2. The van der Waals surface area contributed by atoms with E-state index in [1.807, 2.05) is 0 Å². The number of nitrogens with zero attached hydrogens (tertiary/aromatic N) is 4. The third-order valence-corrected chi connectivity index (χ3v) is 2.67. The van der Waals surface area contributed by atoms with Crippen molar-refractivity contribution in [3.05, 3.63) is 56.4 Å². The molecule has 0 aliphatic carbocycles. The number of nitro groups is 2. The fourth-order valence-electron chi connectivity index (χ4n) is 1.53. The Morgan fingerprint density at radius 2 is 1.95 bits per heavy atom. The number of benzene rings is 1. The number of halogens is 1. The quantitative estimate of drug-likeness (QED) is 0.486. The summed E-state index contributed by atoms with van der Waals surface area (Å²) in [5, 5.41) is 25.6. The highest BCUT2D eigenvalue weighted by Crippen LogP contribution is 2.27. The molecule has 0 radical (unpaired) electrons. The van der Waals surface area contributed by atoms with Gasteiger partial charge >= 0.3 is 5.69 Å². The highest BCUT2D eigenvalue weighted by molar-refractivity contribution is 6.16. The maximum atomic E-state index is 11.0. The summed E-state index contributed by atoms with van der Waals surface area (Å²) < 4.78 is 1.26. The summed E-state index contributed by atoms with van der Waals surface area (Å²) >= 11 is 5.60. The van der Waals surface area contributed by atoms with Gasteiger partial charge in [-0.2, -0.15) is 5.10 Å². The highest BCUT2D eigenvalue weighted by Gasteiger charge is 2.21. The molecule has 0 unspecified atom stereocenters. The summed E-state index contributed by atoms with van der Waals surface area (Å²) in [5.41, 5.74) is -0.0418. The molecule has 2 rings (SSSR count). The smallest absolute Gasteiger partial charge is 0.258 e. The van der Waals surface area contributed by atoms with Gasteiger partial charge in [-0.05, 0) is 12.1 Å². The maximum absolute atomic E-state index is 11.0. The minimum absolute atomic E-state index is 0.145. The largest absolute Gasteiger partial charge is 0.301 e. The molecule has 8 nitrogen and oxygen atoms in total. The third-order valence-electron chi connectivity index (χ3n) is 2.39. The van der Waals surface area contributed by atoms with E-state index < -0.39 is 15.5 Å². The van der Waals surface area contributed by atoms with Crippen LogP contribution in [0.3, 0.4) is 0 Å². The van der Waals surface area contributed by atoms with Gasteiger partial charge in [0.05, 0.1) is 27.5 Å². The topological polar surface area (TPSA) is 104 Å². The maximum Gasteiger partial charge on any atom is 0.301 e. The van der Waals surface area contributed by atoms with Crippen LogP contribution in [0.2, 0.25) is 0 Å². The first-order valence-corrected chi connectivity index (χ1v) is 5.60. The number of hydrogen-bond acceptors (Lipinski definition) is 5. The molecule has 0 aliphatic rings. The second-order valence-electron chi connectivity index (χ2n) is 3.57. The van der Waals surface area contributed by atoms with Crippen LogP contribution in [0.25, 0.3) is 5.69 Å². The lowest BCUT2D eigenvalue weighted by Crippen LogP contribution is -2.02. The molecule has 0 fully saturated rings. The molecular weight excluding hydrogens is 276 g/mol. The van der Waals surface area contributed by atoms with Gasteiger partial charge in [0.15, 0.2) is 0 Å². The highest BCUT2D eigenvalue weighted by atomic mass is 35.5. The van der Waals surface area contributed by atoms with E-state index in [1.165, 1.54) is 23.0 Å². The number of hydrogen-bond donors (Lipinski definition) is 0. The molecule has 0 saturated heterocycles. The second-order valence-corrected chi connectivity index (χ2v) is 3.84. The minimum Gasteiger partial charge on any atom is -0.258 e. The lowest BCUT2D eigenvalue weighted by atomic mass is 10.2. The lowest BCUT2D eigenvalue weighted by molar-refractivity contribution is -0.394. The van der Waals surface area contributed by atoms with Crippen LogP contribution in [0.15, 0.2) is 30.5 Å². The monoisotopic (exact) mass is 282 g/mol. The predicted octanol–water partition coefficient (Wildman–Crippen LogP) is 2.43. The Morgan fingerprint density at radius 1 is 1.21 bits per heavy atom. The Labute approximate surface area is 111 Å². The van der Waals surface area contributed by atoms with Crippen LogP contribution in [0, 0.1) is 20.2 Å². The average Bonchev–Trinajstić information content (AvgIpc) is 2.86. The Morgan fingerprint density at radius 3 is 2.47 bits per heavy atom. The Bertz CT molecular complexity index is 655. The Kier molecular flexibility index (Phi) is 3.43. The standard InChI is InChI=1S/C10H7ClN4O4/c11-6-7-3-4-13(12-7)9-2-1-8(14(16)17)5-10(9)15(18)19/h1-5H,6H2. The molecule has 1 aromatic carbocycles. The third kappa shape index (κ3) is 2.52. The zero-order chi connectivity index (χ0) is 14.0. The van der Waals surface area contributed by atoms with Gasteiger partial charge in [0.1, 0.15) is 5.69 Å². The van der Waals surface area contributed by atoms with E-state index in [1.54, 1.807) is 6.07 Å². The molecule has 0 N–H and O–H groups in total. The van der Waals surface area contributed by atoms with Crippen molar-refractivity contribution in [1.29, 1.82) is 0 Å². The normalized spacial score (nSPS) is 10.4. The molecule has 0 atom stereocenters. The van der Waals surface area contributed by atoms with Gasteiger partial charge in [-0.3, -0.25) is 20.2 Å². The van der Waals surface area contributed by atoms with Crippen molar-refractivity contribution in [3.63, 3.8) is 0 Å². The Balaban J connectivity index is 2.56. The van der Waals surface area contributed by atoms with E-state index in [0.717, 1.165) is 6.07 Å². The van der Waals surface area contributed by atoms with Crippen molar-refractivity contribution in [2.45, 2.75) is 5.88 Å². The second kappa shape index (κ2) is 5.02. The van der Waals surface area contributed by atoms with Crippen molar-refractivity contribution in [3.8, 4) is 5.69 Å². The van der Waals surface area contributed by atoms with Crippen LogP contribution in [0.1, 0.15) is 5.69 Å². The SMILES string of the molecule is O=[N+]([O-])c1ccc(-n2ccc(CCl)n2)c([N+](=O)[O-])c1. The van der Waals surface area contributed by atoms with Gasteiger partial charge in [-0.1, -0.05) is 0 Å². The molecule has 19 heavy (non-hydrogen) atoms. The fraction of sp³-hybridized carbons (Fsp3) is 0.100. The zero-order valence-corrected chi connectivity index (χ0v) is 10.1. The summed E-state index contributed by atoms with van der Waals surface area (Å²) in [5.74, 6) is 0.174. The summed E-state index contributed by atoms with van der Waals surface area (Å²) in [6.07, 6.45) is 1.51. The Hall–Kier alpha value is -2.48. The number of aromatic nitrogens is 2. The van der Waals surface area contributed by atoms with E-state index in [2.05, 4.69) is 5.10 Å². The van der Waals surface area contributed by atoms with Crippen molar-refractivity contribution >= 4 is 23.0 Å². The molecule has 1 heterocycles. The first-order chi connectivity index (χ1) is 9.02. The van der Waals surface area contributed by atoms with Crippen molar-refractivity contribution in [1.82, 2.24) is 9.78 Å². The molecule has 0 amide bonds. The molecule has 0 aliphatic heterocycles. The molecule has 9 heteroatoms. The van der Waals surface area contributed by atoms with E-state index in [-0.39, 0.29) is 17.3 Å². The van der Waals surface area contributed by atoms with Gasteiger partial charge in [0.2, 0.25) is 0 Å². The van der Waals surface area contributed by atoms with Crippen molar-refractivity contribution < 1.29 is 9.85 Å². The van der Waals surface area contributed by atoms with E-state index >= 15 is 0 Å². The van der Waals surface area contributed by atoms with Crippen LogP contribution in [0.5, 0.6) is 0 Å². The molecule has 98 valence electrons. The first kappa shape index (κ1) is 13.0. The molecule has 2 aromatic rings. The van der Waals surface area contributed by atoms with Gasteiger partial charge in [0.25, 0.3) is 5.69 Å². The number of non-ortho nitro benzene ring substituents is 1. The van der Waals surface area contributed by atoms with Crippen LogP contribution in [-0.2, 0) is 5.88 Å².